The number of thiophene rings is 1. The zero-order valence-corrected chi connectivity index (χ0v) is 12.3. The second-order valence-corrected chi connectivity index (χ2v) is 6.20. The molecule has 0 saturated carbocycles. The van der Waals surface area contributed by atoms with Crippen molar-refractivity contribution in [3.63, 3.8) is 0 Å². The maximum absolute atomic E-state index is 12.6. The summed E-state index contributed by atoms with van der Waals surface area (Å²) in [5.74, 6) is 0.424. The molecule has 0 aromatic carbocycles. The molecule has 0 radical (unpaired) electrons. The molecule has 2 amide bonds. The quantitative estimate of drug-likeness (QED) is 0.834. The van der Waals surface area contributed by atoms with Crippen molar-refractivity contribution in [2.24, 2.45) is 0 Å². The standard InChI is InChI=1S/C13H17N3O3S/c1-3-15-10(17)4-5-13(2,12(15)18)16-6-8-9(19-16)7-20-11(8)14/h7H,3-6,14H2,1-2H3/t13-/m0/s1. The summed E-state index contributed by atoms with van der Waals surface area (Å²) in [4.78, 5) is 31.5. The van der Waals surface area contributed by atoms with Crippen molar-refractivity contribution in [3.05, 3.63) is 10.9 Å². The third-order valence-corrected chi connectivity index (χ3v) is 4.93. The molecule has 1 aromatic heterocycles. The van der Waals surface area contributed by atoms with Crippen molar-refractivity contribution >= 4 is 28.2 Å². The summed E-state index contributed by atoms with van der Waals surface area (Å²) in [6.07, 6.45) is 0.826. The van der Waals surface area contributed by atoms with Crippen molar-refractivity contribution in [3.8, 4) is 5.75 Å². The Kier molecular flexibility index (Phi) is 2.98. The van der Waals surface area contributed by atoms with Gasteiger partial charge in [0.05, 0.1) is 11.5 Å². The Hall–Kier alpha value is -1.60. The molecule has 108 valence electrons. The van der Waals surface area contributed by atoms with Gasteiger partial charge in [0.2, 0.25) is 5.91 Å². The number of hydrogen-bond donors (Lipinski definition) is 1. The SMILES string of the molecule is CCN1C(=O)CC[C@](C)(N2Cc3c(csc3N)O2)C1=O. The molecule has 2 N–H and O–H groups in total. The third kappa shape index (κ3) is 1.73. The smallest absolute Gasteiger partial charge is 0.252 e. The van der Waals surface area contributed by atoms with E-state index in [4.69, 9.17) is 10.6 Å². The van der Waals surface area contributed by atoms with Crippen LogP contribution in [0.15, 0.2) is 5.38 Å². The molecule has 20 heavy (non-hydrogen) atoms. The molecule has 3 heterocycles. The number of carbonyl (C=O) groups is 2. The summed E-state index contributed by atoms with van der Waals surface area (Å²) < 4.78 is 0. The molecular weight excluding hydrogens is 278 g/mol. The Labute approximate surface area is 121 Å². The topological polar surface area (TPSA) is 75.9 Å². The summed E-state index contributed by atoms with van der Waals surface area (Å²) in [6, 6.07) is 0. The van der Waals surface area contributed by atoms with E-state index in [-0.39, 0.29) is 11.8 Å². The fourth-order valence-electron chi connectivity index (χ4n) is 2.73. The highest BCUT2D eigenvalue weighted by molar-refractivity contribution is 7.14. The van der Waals surface area contributed by atoms with Crippen LogP contribution in [-0.4, -0.2) is 33.9 Å². The van der Waals surface area contributed by atoms with E-state index >= 15 is 0 Å². The van der Waals surface area contributed by atoms with Gasteiger partial charge in [-0.05, 0) is 20.3 Å². The minimum atomic E-state index is -0.812. The number of nitrogens with zero attached hydrogens (tertiary/aromatic N) is 2. The van der Waals surface area contributed by atoms with Crippen LogP contribution in [0.4, 0.5) is 5.00 Å². The molecule has 0 aliphatic carbocycles. The number of imide groups is 1. The number of hydroxylamine groups is 2. The first kappa shape index (κ1) is 13.4. The fraction of sp³-hybridized carbons (Fsp3) is 0.538. The lowest BCUT2D eigenvalue weighted by Gasteiger charge is -2.41. The first-order valence-electron chi connectivity index (χ1n) is 6.63. The number of likely N-dealkylation sites (N-methyl/N-ethyl adjacent to an activating group) is 1. The zero-order valence-electron chi connectivity index (χ0n) is 11.5. The number of amides is 2. The highest BCUT2D eigenvalue weighted by atomic mass is 32.1. The number of fused-ring (bicyclic) bond motifs is 1. The van der Waals surface area contributed by atoms with E-state index in [0.717, 1.165) is 16.3 Å². The third-order valence-electron chi connectivity index (χ3n) is 4.10. The highest BCUT2D eigenvalue weighted by Gasteiger charge is 2.50. The van der Waals surface area contributed by atoms with E-state index in [1.165, 1.54) is 16.2 Å². The molecule has 7 heteroatoms. The zero-order chi connectivity index (χ0) is 14.5. The van der Waals surface area contributed by atoms with Crippen molar-refractivity contribution in [2.75, 3.05) is 12.3 Å². The molecule has 1 atom stereocenters. The van der Waals surface area contributed by atoms with Crippen LogP contribution in [0.3, 0.4) is 0 Å². The molecule has 3 rings (SSSR count). The normalized spacial score (nSPS) is 26.8. The number of nitrogens with two attached hydrogens (primary N) is 1. The monoisotopic (exact) mass is 295 g/mol. The summed E-state index contributed by atoms with van der Waals surface area (Å²) in [6.45, 7) is 4.51. The number of rotatable bonds is 2. The lowest BCUT2D eigenvalue weighted by Crippen LogP contribution is -2.62. The first-order chi connectivity index (χ1) is 9.47. The van der Waals surface area contributed by atoms with Gasteiger partial charge in [0, 0.05) is 23.9 Å². The van der Waals surface area contributed by atoms with Crippen LogP contribution in [0.2, 0.25) is 0 Å². The van der Waals surface area contributed by atoms with Gasteiger partial charge in [-0.3, -0.25) is 14.5 Å². The van der Waals surface area contributed by atoms with Gasteiger partial charge in [-0.2, -0.15) is 0 Å². The van der Waals surface area contributed by atoms with Crippen LogP contribution in [0.1, 0.15) is 32.3 Å². The number of nitrogen functional groups attached to an aromatic ring is 1. The molecule has 0 bridgehead atoms. The Balaban J connectivity index is 1.87. The van der Waals surface area contributed by atoms with Gasteiger partial charge in [-0.25, -0.2) is 0 Å². The van der Waals surface area contributed by atoms with Gasteiger partial charge in [0.1, 0.15) is 5.54 Å². The van der Waals surface area contributed by atoms with E-state index in [9.17, 15) is 9.59 Å². The minimum Gasteiger partial charge on any atom is -0.403 e. The molecule has 2 aliphatic heterocycles. The number of piperidine rings is 1. The molecule has 1 aromatic rings. The predicted octanol–water partition coefficient (Wildman–Crippen LogP) is 1.37. The van der Waals surface area contributed by atoms with Crippen LogP contribution in [-0.2, 0) is 16.1 Å². The molecule has 0 spiro atoms. The van der Waals surface area contributed by atoms with Crippen LogP contribution < -0.4 is 10.6 Å². The molecule has 0 unspecified atom stereocenters. The lowest BCUT2D eigenvalue weighted by molar-refractivity contribution is -0.182. The van der Waals surface area contributed by atoms with E-state index in [0.29, 0.717) is 25.9 Å². The largest absolute Gasteiger partial charge is 0.403 e. The number of likely N-dealkylation sites (tertiary alicyclic amines) is 1. The van der Waals surface area contributed by atoms with Gasteiger partial charge in [-0.1, -0.05) is 0 Å². The maximum Gasteiger partial charge on any atom is 0.252 e. The average Bonchev–Trinajstić information content (AvgIpc) is 2.98. The Morgan fingerprint density at radius 1 is 1.50 bits per heavy atom. The van der Waals surface area contributed by atoms with Crippen LogP contribution in [0, 0.1) is 0 Å². The van der Waals surface area contributed by atoms with Crippen molar-refractivity contribution in [1.82, 2.24) is 9.96 Å². The van der Waals surface area contributed by atoms with E-state index in [1.807, 2.05) is 12.3 Å². The van der Waals surface area contributed by atoms with Crippen LogP contribution in [0.25, 0.3) is 0 Å². The number of anilines is 1. The van der Waals surface area contributed by atoms with Gasteiger partial charge in [-0.15, -0.1) is 16.4 Å². The minimum absolute atomic E-state index is 0.108. The predicted molar refractivity (Wildman–Crippen MR) is 74.9 cm³/mol. The van der Waals surface area contributed by atoms with Crippen molar-refractivity contribution in [2.45, 2.75) is 38.8 Å². The van der Waals surface area contributed by atoms with E-state index < -0.39 is 5.54 Å². The molecule has 2 aliphatic rings. The first-order valence-corrected chi connectivity index (χ1v) is 7.51. The molecule has 6 nitrogen and oxygen atoms in total. The van der Waals surface area contributed by atoms with Crippen molar-refractivity contribution in [1.29, 1.82) is 0 Å². The summed E-state index contributed by atoms with van der Waals surface area (Å²) in [5, 5.41) is 4.24. The summed E-state index contributed by atoms with van der Waals surface area (Å²) >= 11 is 1.44. The summed E-state index contributed by atoms with van der Waals surface area (Å²) in [7, 11) is 0. The fourth-order valence-corrected chi connectivity index (χ4v) is 3.46. The Morgan fingerprint density at radius 3 is 2.90 bits per heavy atom. The second-order valence-electron chi connectivity index (χ2n) is 5.29. The summed E-state index contributed by atoms with van der Waals surface area (Å²) in [5.41, 5.74) is 6.02. The van der Waals surface area contributed by atoms with Gasteiger partial charge in [0.15, 0.2) is 5.75 Å². The van der Waals surface area contributed by atoms with Gasteiger partial charge >= 0.3 is 0 Å². The lowest BCUT2D eigenvalue weighted by atomic mass is 9.89. The molecule has 1 fully saturated rings. The van der Waals surface area contributed by atoms with Crippen LogP contribution >= 0.6 is 11.3 Å². The number of carbonyl (C=O) groups excluding carboxylic acids is 2. The van der Waals surface area contributed by atoms with Crippen molar-refractivity contribution < 1.29 is 14.4 Å². The van der Waals surface area contributed by atoms with Crippen LogP contribution in [0.5, 0.6) is 5.75 Å². The highest BCUT2D eigenvalue weighted by Crippen LogP contribution is 2.42. The molecule has 1 saturated heterocycles. The Morgan fingerprint density at radius 2 is 2.25 bits per heavy atom. The van der Waals surface area contributed by atoms with E-state index in [1.54, 1.807) is 12.0 Å². The average molecular weight is 295 g/mol. The Bertz CT molecular complexity index is 585. The molecular formula is C13H17N3O3S. The number of hydrogen-bond acceptors (Lipinski definition) is 6. The van der Waals surface area contributed by atoms with Gasteiger partial charge in [0.25, 0.3) is 5.91 Å². The maximum atomic E-state index is 12.6. The van der Waals surface area contributed by atoms with Gasteiger partial charge < -0.3 is 10.6 Å². The second kappa shape index (κ2) is 4.46. The van der Waals surface area contributed by atoms with E-state index in [2.05, 4.69) is 0 Å².